The molecule has 5 rings (SSSR count). The molecule has 3 aromatic heterocycles. The second kappa shape index (κ2) is 7.22. The van der Waals surface area contributed by atoms with Gasteiger partial charge < -0.3 is 10.2 Å². The van der Waals surface area contributed by atoms with Gasteiger partial charge in [0, 0.05) is 60.1 Å². The van der Waals surface area contributed by atoms with E-state index in [1.807, 2.05) is 25.3 Å². The van der Waals surface area contributed by atoms with Crippen LogP contribution in [0, 0.1) is 6.92 Å². The standard InChI is InChI=1S/C21H25N7/c1-14-12-19(27-26-14)28-10-7-16(8-11-28)23-21-17-5-2-6-18(17)24-20(25-21)15-4-3-9-22-13-15/h3-4,9,12-13,16H,2,5-8,10-11H2,1H3,(H,26,27)(H,23,24,25). The molecule has 0 atom stereocenters. The van der Waals surface area contributed by atoms with E-state index in [1.165, 1.54) is 11.3 Å². The minimum absolute atomic E-state index is 0.428. The molecule has 0 radical (unpaired) electrons. The fraction of sp³-hybridized carbons (Fsp3) is 0.429. The van der Waals surface area contributed by atoms with Crippen LogP contribution in [-0.2, 0) is 12.8 Å². The van der Waals surface area contributed by atoms with Crippen molar-refractivity contribution in [2.75, 3.05) is 23.3 Å². The third-order valence-electron chi connectivity index (χ3n) is 5.71. The number of aromatic amines is 1. The maximum absolute atomic E-state index is 4.90. The Morgan fingerprint density at radius 3 is 2.82 bits per heavy atom. The summed E-state index contributed by atoms with van der Waals surface area (Å²) in [7, 11) is 0. The van der Waals surface area contributed by atoms with Gasteiger partial charge in [0.25, 0.3) is 0 Å². The summed E-state index contributed by atoms with van der Waals surface area (Å²) < 4.78 is 0. The van der Waals surface area contributed by atoms with Crippen LogP contribution in [0.25, 0.3) is 11.4 Å². The number of pyridine rings is 1. The molecule has 144 valence electrons. The molecule has 1 saturated heterocycles. The molecule has 28 heavy (non-hydrogen) atoms. The average Bonchev–Trinajstić information content (AvgIpc) is 3.38. The van der Waals surface area contributed by atoms with Crippen LogP contribution in [0.2, 0.25) is 0 Å². The molecule has 1 fully saturated rings. The predicted octanol–water partition coefficient (Wildman–Crippen LogP) is 3.14. The highest BCUT2D eigenvalue weighted by atomic mass is 15.3. The van der Waals surface area contributed by atoms with E-state index in [0.29, 0.717) is 6.04 Å². The van der Waals surface area contributed by atoms with E-state index in [1.54, 1.807) is 6.20 Å². The summed E-state index contributed by atoms with van der Waals surface area (Å²) in [6.07, 6.45) is 9.04. The zero-order valence-corrected chi connectivity index (χ0v) is 16.1. The lowest BCUT2D eigenvalue weighted by atomic mass is 10.0. The van der Waals surface area contributed by atoms with Crippen LogP contribution in [0.4, 0.5) is 11.6 Å². The summed E-state index contributed by atoms with van der Waals surface area (Å²) in [6, 6.07) is 6.51. The molecule has 0 spiro atoms. The van der Waals surface area contributed by atoms with Gasteiger partial charge in [0.2, 0.25) is 0 Å². The summed E-state index contributed by atoms with van der Waals surface area (Å²) in [5.41, 5.74) is 4.58. The molecule has 0 bridgehead atoms. The van der Waals surface area contributed by atoms with Gasteiger partial charge in [-0.25, -0.2) is 9.97 Å². The van der Waals surface area contributed by atoms with Crippen molar-refractivity contribution in [2.24, 2.45) is 0 Å². The Balaban J connectivity index is 1.33. The number of hydrogen-bond donors (Lipinski definition) is 2. The molecule has 2 aliphatic rings. The first-order valence-electron chi connectivity index (χ1n) is 10.1. The maximum Gasteiger partial charge on any atom is 0.163 e. The van der Waals surface area contributed by atoms with Crippen LogP contribution in [0.5, 0.6) is 0 Å². The van der Waals surface area contributed by atoms with E-state index in [-0.39, 0.29) is 0 Å². The Kier molecular flexibility index (Phi) is 4.43. The van der Waals surface area contributed by atoms with Crippen molar-refractivity contribution in [3.63, 3.8) is 0 Å². The van der Waals surface area contributed by atoms with E-state index in [0.717, 1.165) is 73.9 Å². The second-order valence-corrected chi connectivity index (χ2v) is 7.73. The van der Waals surface area contributed by atoms with E-state index in [2.05, 4.69) is 31.5 Å². The Morgan fingerprint density at radius 2 is 2.07 bits per heavy atom. The number of aromatic nitrogens is 5. The van der Waals surface area contributed by atoms with Gasteiger partial charge in [-0.2, -0.15) is 5.10 Å². The van der Waals surface area contributed by atoms with Gasteiger partial charge in [-0.05, 0) is 51.2 Å². The quantitative estimate of drug-likeness (QED) is 0.729. The van der Waals surface area contributed by atoms with Crippen molar-refractivity contribution in [3.8, 4) is 11.4 Å². The number of piperidine rings is 1. The highest BCUT2D eigenvalue weighted by Crippen LogP contribution is 2.30. The minimum atomic E-state index is 0.428. The van der Waals surface area contributed by atoms with Gasteiger partial charge in [0.15, 0.2) is 11.6 Å². The molecule has 3 aromatic rings. The van der Waals surface area contributed by atoms with Gasteiger partial charge in [-0.15, -0.1) is 0 Å². The highest BCUT2D eigenvalue weighted by molar-refractivity contribution is 5.60. The first kappa shape index (κ1) is 17.2. The molecule has 7 nitrogen and oxygen atoms in total. The number of fused-ring (bicyclic) bond motifs is 1. The molecule has 4 heterocycles. The summed E-state index contributed by atoms with van der Waals surface area (Å²) in [5, 5.41) is 11.2. The lowest BCUT2D eigenvalue weighted by Crippen LogP contribution is -2.39. The molecular formula is C21H25N7. The topological polar surface area (TPSA) is 82.6 Å². The lowest BCUT2D eigenvalue weighted by Gasteiger charge is -2.33. The smallest absolute Gasteiger partial charge is 0.163 e. The summed E-state index contributed by atoms with van der Waals surface area (Å²) in [5.74, 6) is 2.86. The van der Waals surface area contributed by atoms with E-state index in [4.69, 9.17) is 9.97 Å². The van der Waals surface area contributed by atoms with E-state index < -0.39 is 0 Å². The molecule has 0 aromatic carbocycles. The van der Waals surface area contributed by atoms with Crippen LogP contribution in [0.3, 0.4) is 0 Å². The van der Waals surface area contributed by atoms with Crippen molar-refractivity contribution in [2.45, 2.75) is 45.1 Å². The van der Waals surface area contributed by atoms with Crippen LogP contribution in [-0.4, -0.2) is 44.3 Å². The van der Waals surface area contributed by atoms with Crippen LogP contribution in [0.1, 0.15) is 36.2 Å². The molecule has 2 N–H and O–H groups in total. The highest BCUT2D eigenvalue weighted by Gasteiger charge is 2.25. The van der Waals surface area contributed by atoms with Crippen molar-refractivity contribution in [1.82, 2.24) is 25.1 Å². The fourth-order valence-electron chi connectivity index (χ4n) is 4.19. The van der Waals surface area contributed by atoms with E-state index >= 15 is 0 Å². The molecule has 7 heteroatoms. The van der Waals surface area contributed by atoms with Crippen LogP contribution in [0.15, 0.2) is 30.6 Å². The number of nitrogens with zero attached hydrogens (tertiary/aromatic N) is 5. The third-order valence-corrected chi connectivity index (χ3v) is 5.71. The largest absolute Gasteiger partial charge is 0.367 e. The molecule has 0 unspecified atom stereocenters. The molecule has 0 saturated carbocycles. The minimum Gasteiger partial charge on any atom is -0.367 e. The number of aryl methyl sites for hydroxylation is 2. The van der Waals surface area contributed by atoms with Crippen molar-refractivity contribution >= 4 is 11.6 Å². The number of hydrogen-bond acceptors (Lipinski definition) is 6. The number of anilines is 2. The van der Waals surface area contributed by atoms with Crippen molar-refractivity contribution in [3.05, 3.63) is 47.5 Å². The maximum atomic E-state index is 4.90. The summed E-state index contributed by atoms with van der Waals surface area (Å²) >= 11 is 0. The third kappa shape index (κ3) is 3.32. The number of rotatable bonds is 4. The normalized spacial score (nSPS) is 17.0. The van der Waals surface area contributed by atoms with Gasteiger partial charge in [-0.1, -0.05) is 0 Å². The van der Waals surface area contributed by atoms with Gasteiger partial charge in [0.05, 0.1) is 0 Å². The predicted molar refractivity (Wildman–Crippen MR) is 109 cm³/mol. The van der Waals surface area contributed by atoms with Crippen LogP contribution >= 0.6 is 0 Å². The zero-order chi connectivity index (χ0) is 18.9. The summed E-state index contributed by atoms with van der Waals surface area (Å²) in [6.45, 7) is 4.05. The van der Waals surface area contributed by atoms with Crippen LogP contribution < -0.4 is 10.2 Å². The lowest BCUT2D eigenvalue weighted by molar-refractivity contribution is 0.521. The summed E-state index contributed by atoms with van der Waals surface area (Å²) in [4.78, 5) is 16.3. The molecule has 1 aliphatic heterocycles. The number of nitrogens with one attached hydrogen (secondary N) is 2. The fourth-order valence-corrected chi connectivity index (χ4v) is 4.19. The Bertz CT molecular complexity index is 958. The molecule has 1 aliphatic carbocycles. The Hall–Kier alpha value is -2.96. The molecule has 0 amide bonds. The number of H-pyrrole nitrogens is 1. The molecular weight excluding hydrogens is 350 g/mol. The second-order valence-electron chi connectivity index (χ2n) is 7.73. The monoisotopic (exact) mass is 375 g/mol. The SMILES string of the molecule is Cc1cc(N2CCC(Nc3nc(-c4cccnc4)nc4c3CCC4)CC2)n[nH]1. The van der Waals surface area contributed by atoms with E-state index in [9.17, 15) is 0 Å². The van der Waals surface area contributed by atoms with Crippen molar-refractivity contribution < 1.29 is 0 Å². The Morgan fingerprint density at radius 1 is 1.18 bits per heavy atom. The van der Waals surface area contributed by atoms with Gasteiger partial charge >= 0.3 is 0 Å². The van der Waals surface area contributed by atoms with Gasteiger partial charge in [-0.3, -0.25) is 10.1 Å². The van der Waals surface area contributed by atoms with Crippen molar-refractivity contribution in [1.29, 1.82) is 0 Å². The average molecular weight is 375 g/mol. The zero-order valence-electron chi connectivity index (χ0n) is 16.1. The first-order valence-corrected chi connectivity index (χ1v) is 10.1. The Labute approximate surface area is 164 Å². The first-order chi connectivity index (χ1) is 13.8. The van der Waals surface area contributed by atoms with Gasteiger partial charge in [0.1, 0.15) is 5.82 Å².